The molecule has 7 heteroatoms. The second kappa shape index (κ2) is 8.46. The van der Waals surface area contributed by atoms with Gasteiger partial charge < -0.3 is 14.5 Å². The molecule has 1 amide bonds. The Hall–Kier alpha value is -2.64. The van der Waals surface area contributed by atoms with Crippen molar-refractivity contribution in [3.63, 3.8) is 0 Å². The van der Waals surface area contributed by atoms with Gasteiger partial charge in [0.25, 0.3) is 5.91 Å². The van der Waals surface area contributed by atoms with Gasteiger partial charge in [-0.3, -0.25) is 4.79 Å². The fourth-order valence-corrected chi connectivity index (χ4v) is 3.42. The fourth-order valence-electron chi connectivity index (χ4n) is 2.04. The first kappa shape index (κ1) is 17.2. The van der Waals surface area contributed by atoms with Crippen LogP contribution in [0.25, 0.3) is 11.6 Å². The highest BCUT2D eigenvalue weighted by molar-refractivity contribution is 7.12. The molecule has 0 spiro atoms. The van der Waals surface area contributed by atoms with Gasteiger partial charge in [-0.25, -0.2) is 4.79 Å². The Kier molecular flexibility index (Phi) is 5.81. The maximum Gasteiger partial charge on any atom is 0.340 e. The van der Waals surface area contributed by atoms with Crippen LogP contribution in [0, 0.1) is 0 Å². The number of carbonyl (C=O) groups is 2. The van der Waals surface area contributed by atoms with E-state index in [-0.39, 0.29) is 19.1 Å². The molecular formula is C18H15NO4S2. The Morgan fingerprint density at radius 2 is 1.96 bits per heavy atom. The number of nitrogens with one attached hydrogen (secondary N) is 1. The highest BCUT2D eigenvalue weighted by Gasteiger charge is 2.16. The Morgan fingerprint density at radius 3 is 2.64 bits per heavy atom. The minimum absolute atomic E-state index is 0.256. The van der Waals surface area contributed by atoms with Crippen LogP contribution in [0.2, 0.25) is 0 Å². The Bertz CT molecular complexity index is 834. The van der Waals surface area contributed by atoms with Crippen molar-refractivity contribution in [2.45, 2.75) is 6.54 Å². The first-order valence-electron chi connectivity index (χ1n) is 7.47. The monoisotopic (exact) mass is 373 g/mol. The van der Waals surface area contributed by atoms with Crippen molar-refractivity contribution in [1.29, 1.82) is 0 Å². The normalized spacial score (nSPS) is 11.3. The average molecular weight is 373 g/mol. The van der Waals surface area contributed by atoms with Crippen LogP contribution in [-0.2, 0) is 20.9 Å². The number of carbonyl (C=O) groups excluding carboxylic acids is 2. The third kappa shape index (κ3) is 4.91. The molecule has 0 aliphatic heterocycles. The summed E-state index contributed by atoms with van der Waals surface area (Å²) < 4.78 is 10.3. The number of hydrogen-bond donors (Lipinski definition) is 1. The summed E-state index contributed by atoms with van der Waals surface area (Å²) in [5.74, 6) is -0.271. The van der Waals surface area contributed by atoms with Gasteiger partial charge >= 0.3 is 5.97 Å². The number of thiophene rings is 2. The predicted octanol–water partition coefficient (Wildman–Crippen LogP) is 3.80. The van der Waals surface area contributed by atoms with E-state index in [1.54, 1.807) is 18.2 Å². The highest BCUT2D eigenvalue weighted by atomic mass is 32.1. The first-order chi connectivity index (χ1) is 12.2. The molecule has 3 rings (SSSR count). The van der Waals surface area contributed by atoms with Crippen molar-refractivity contribution in [1.82, 2.24) is 5.32 Å². The van der Waals surface area contributed by atoms with E-state index in [1.807, 2.05) is 35.0 Å². The number of hydrogen-bond acceptors (Lipinski definition) is 6. The zero-order valence-electron chi connectivity index (χ0n) is 13.1. The molecule has 25 heavy (non-hydrogen) atoms. The van der Waals surface area contributed by atoms with E-state index in [9.17, 15) is 9.59 Å². The van der Waals surface area contributed by atoms with Crippen LogP contribution in [0.3, 0.4) is 0 Å². The molecule has 1 N–H and O–H groups in total. The van der Waals surface area contributed by atoms with Crippen molar-refractivity contribution >= 4 is 46.2 Å². The van der Waals surface area contributed by atoms with Gasteiger partial charge in [-0.2, -0.15) is 0 Å². The van der Waals surface area contributed by atoms with Gasteiger partial charge in [-0.1, -0.05) is 12.1 Å². The summed E-state index contributed by atoms with van der Waals surface area (Å²) in [4.78, 5) is 26.0. The summed E-state index contributed by atoms with van der Waals surface area (Å²) in [6, 6.07) is 11.0. The lowest BCUT2D eigenvalue weighted by Gasteiger charge is -2.07. The molecule has 0 aliphatic rings. The number of ether oxygens (including phenoxy) is 1. The second-order valence-electron chi connectivity index (χ2n) is 4.98. The van der Waals surface area contributed by atoms with E-state index in [0.29, 0.717) is 11.3 Å². The molecule has 0 radical (unpaired) electrons. The molecule has 3 heterocycles. The van der Waals surface area contributed by atoms with Crippen LogP contribution in [0.5, 0.6) is 0 Å². The molecule has 0 aromatic carbocycles. The molecule has 0 saturated heterocycles. The van der Waals surface area contributed by atoms with E-state index >= 15 is 0 Å². The first-order valence-corrected chi connectivity index (χ1v) is 9.23. The molecule has 0 bridgehead atoms. The van der Waals surface area contributed by atoms with Crippen LogP contribution in [0.15, 0.2) is 57.8 Å². The standard InChI is InChI=1S/C18H15NO4S2/c20-17(19-11-13-4-1-7-22-13)12-23-18(21)15(16-6-3-9-25-16)10-14-5-2-8-24-14/h1-10H,11-12H2,(H,19,20)/b15-10+. The molecule has 0 aliphatic carbocycles. The van der Waals surface area contributed by atoms with E-state index in [0.717, 1.165) is 9.75 Å². The van der Waals surface area contributed by atoms with Gasteiger partial charge in [0, 0.05) is 9.75 Å². The van der Waals surface area contributed by atoms with E-state index < -0.39 is 5.97 Å². The lowest BCUT2D eigenvalue weighted by atomic mass is 10.2. The molecule has 0 atom stereocenters. The van der Waals surface area contributed by atoms with Gasteiger partial charge in [0.1, 0.15) is 5.76 Å². The number of amides is 1. The lowest BCUT2D eigenvalue weighted by Crippen LogP contribution is -2.28. The second-order valence-corrected chi connectivity index (χ2v) is 6.91. The van der Waals surface area contributed by atoms with Crippen molar-refractivity contribution < 1.29 is 18.7 Å². The summed E-state index contributed by atoms with van der Waals surface area (Å²) in [7, 11) is 0. The largest absolute Gasteiger partial charge is 0.467 e. The van der Waals surface area contributed by atoms with Crippen LogP contribution in [0.4, 0.5) is 0 Å². The molecule has 5 nitrogen and oxygen atoms in total. The summed E-state index contributed by atoms with van der Waals surface area (Å²) in [5.41, 5.74) is 0.441. The molecule has 3 aromatic heterocycles. The Morgan fingerprint density at radius 1 is 1.12 bits per heavy atom. The predicted molar refractivity (Wildman–Crippen MR) is 98.0 cm³/mol. The van der Waals surface area contributed by atoms with E-state index in [4.69, 9.17) is 9.15 Å². The van der Waals surface area contributed by atoms with Gasteiger partial charge in [0.15, 0.2) is 6.61 Å². The molecule has 0 fully saturated rings. The van der Waals surface area contributed by atoms with Crippen LogP contribution < -0.4 is 5.32 Å². The minimum Gasteiger partial charge on any atom is -0.467 e. The van der Waals surface area contributed by atoms with E-state index in [2.05, 4.69) is 5.32 Å². The summed E-state index contributed by atoms with van der Waals surface area (Å²) in [6.07, 6.45) is 3.31. The van der Waals surface area contributed by atoms with Crippen molar-refractivity contribution in [2.75, 3.05) is 6.61 Å². The number of furan rings is 1. The maximum atomic E-state index is 12.4. The quantitative estimate of drug-likeness (QED) is 0.505. The SMILES string of the molecule is O=C(COC(=O)/C(=C/c1cccs1)c1cccs1)NCc1ccco1. The third-order valence-corrected chi connectivity index (χ3v) is 4.93. The van der Waals surface area contributed by atoms with Crippen molar-refractivity contribution in [3.8, 4) is 0 Å². The molecule has 3 aromatic rings. The summed E-state index contributed by atoms with van der Waals surface area (Å²) in [6.45, 7) is -0.0844. The van der Waals surface area contributed by atoms with Crippen LogP contribution in [0.1, 0.15) is 15.5 Å². The average Bonchev–Trinajstić information content (AvgIpc) is 3.38. The van der Waals surface area contributed by atoms with E-state index in [1.165, 1.54) is 28.9 Å². The number of rotatable bonds is 7. The zero-order valence-corrected chi connectivity index (χ0v) is 14.8. The Labute approximate surface area is 152 Å². The number of esters is 1. The zero-order chi connectivity index (χ0) is 17.5. The lowest BCUT2D eigenvalue weighted by molar-refractivity contribution is -0.142. The molecule has 0 unspecified atom stereocenters. The Balaban J connectivity index is 1.60. The van der Waals surface area contributed by atoms with Crippen molar-refractivity contribution in [2.24, 2.45) is 0 Å². The van der Waals surface area contributed by atoms with Gasteiger partial charge in [0.2, 0.25) is 0 Å². The van der Waals surface area contributed by atoms with Crippen LogP contribution in [-0.4, -0.2) is 18.5 Å². The molecule has 0 saturated carbocycles. The fraction of sp³-hybridized carbons (Fsp3) is 0.111. The smallest absolute Gasteiger partial charge is 0.340 e. The molecule has 128 valence electrons. The minimum atomic E-state index is -0.524. The van der Waals surface area contributed by atoms with Gasteiger partial charge in [0.05, 0.1) is 18.4 Å². The topological polar surface area (TPSA) is 68.5 Å². The maximum absolute atomic E-state index is 12.4. The molecular weight excluding hydrogens is 358 g/mol. The van der Waals surface area contributed by atoms with Crippen molar-refractivity contribution in [3.05, 3.63) is 68.9 Å². The summed E-state index contributed by atoms with van der Waals surface area (Å²) in [5, 5.41) is 6.46. The third-order valence-electron chi connectivity index (χ3n) is 3.21. The summed E-state index contributed by atoms with van der Waals surface area (Å²) >= 11 is 2.97. The van der Waals surface area contributed by atoms with Gasteiger partial charge in [-0.05, 0) is 41.1 Å². The highest BCUT2D eigenvalue weighted by Crippen LogP contribution is 2.25. The van der Waals surface area contributed by atoms with Gasteiger partial charge in [-0.15, -0.1) is 22.7 Å². The van der Waals surface area contributed by atoms with Crippen LogP contribution >= 0.6 is 22.7 Å².